The summed E-state index contributed by atoms with van der Waals surface area (Å²) in [5.41, 5.74) is 1.74. The van der Waals surface area contributed by atoms with E-state index in [0.717, 1.165) is 11.4 Å². The van der Waals surface area contributed by atoms with Gasteiger partial charge in [-0.1, -0.05) is 12.1 Å². The van der Waals surface area contributed by atoms with Crippen LogP contribution in [0.1, 0.15) is 11.4 Å². The summed E-state index contributed by atoms with van der Waals surface area (Å²) < 4.78 is 4.63. The van der Waals surface area contributed by atoms with E-state index < -0.39 is 4.92 Å². The van der Waals surface area contributed by atoms with E-state index in [1.54, 1.807) is 12.4 Å². The molecule has 4 rings (SSSR count). The van der Waals surface area contributed by atoms with Gasteiger partial charge in [-0.2, -0.15) is 0 Å². The van der Waals surface area contributed by atoms with Crippen LogP contribution < -0.4 is 5.32 Å². The number of benzene rings is 1. The largest absolute Gasteiger partial charge is 0.323 e. The van der Waals surface area contributed by atoms with Crippen LogP contribution in [0.5, 0.6) is 0 Å². The molecule has 156 valence electrons. The number of carbonyl (C=O) groups excluding carboxylic acids is 1. The van der Waals surface area contributed by atoms with Crippen molar-refractivity contribution in [3.05, 3.63) is 82.4 Å². The zero-order valence-corrected chi connectivity index (χ0v) is 16.2. The maximum absolute atomic E-state index is 12.8. The van der Waals surface area contributed by atoms with Gasteiger partial charge >= 0.3 is 5.69 Å². The number of nitro groups is 1. The summed E-state index contributed by atoms with van der Waals surface area (Å²) in [6, 6.07) is 13.8. The Morgan fingerprint density at radius 1 is 0.968 bits per heavy atom. The number of rotatable bonds is 8. The summed E-state index contributed by atoms with van der Waals surface area (Å²) in [6.45, 7) is 0.912. The van der Waals surface area contributed by atoms with Crippen molar-refractivity contribution in [2.75, 3.05) is 11.9 Å². The molecule has 11 nitrogen and oxygen atoms in total. The van der Waals surface area contributed by atoms with Crippen LogP contribution in [0.3, 0.4) is 0 Å². The summed E-state index contributed by atoms with van der Waals surface area (Å²) in [5.74, 6) is -0.329. The number of hydrogen-bond acceptors (Lipinski definition) is 9. The summed E-state index contributed by atoms with van der Waals surface area (Å²) in [5, 5.41) is 21.1. The number of nitrogens with one attached hydrogen (secondary N) is 1. The number of nitrogens with zero attached hydrogens (tertiary/aromatic N) is 6. The van der Waals surface area contributed by atoms with E-state index in [1.807, 2.05) is 41.3 Å². The lowest BCUT2D eigenvalue weighted by molar-refractivity contribution is -0.383. The number of amides is 1. The first-order valence-electron chi connectivity index (χ1n) is 9.32. The van der Waals surface area contributed by atoms with Gasteiger partial charge in [-0.25, -0.2) is 4.63 Å². The number of non-ortho nitro benzene ring substituents is 1. The maximum atomic E-state index is 12.8. The molecule has 0 atom stereocenters. The van der Waals surface area contributed by atoms with E-state index in [-0.39, 0.29) is 34.9 Å². The predicted molar refractivity (Wildman–Crippen MR) is 110 cm³/mol. The standard InChI is InChI=1S/C20H17N7O4/c28-18(23-16-7-8-17(27(29)30)20-19(16)24-31-25-20)13-26(11-14-5-1-3-9-21-14)12-15-6-2-4-10-22-15/h1-10H,11-13H2,(H,23,28). The third kappa shape index (κ3) is 4.85. The molecule has 1 aromatic carbocycles. The van der Waals surface area contributed by atoms with Crippen LogP contribution in [0.25, 0.3) is 11.0 Å². The monoisotopic (exact) mass is 419 g/mol. The molecule has 1 N–H and O–H groups in total. The normalized spacial score (nSPS) is 11.0. The average Bonchev–Trinajstić information content (AvgIpc) is 3.25. The number of aromatic nitrogens is 4. The van der Waals surface area contributed by atoms with Crippen LogP contribution in [0.15, 0.2) is 65.6 Å². The average molecular weight is 419 g/mol. The molecule has 0 saturated heterocycles. The lowest BCUT2D eigenvalue weighted by atomic mass is 10.2. The molecule has 0 aliphatic heterocycles. The van der Waals surface area contributed by atoms with Gasteiger partial charge in [0.2, 0.25) is 11.4 Å². The van der Waals surface area contributed by atoms with Crippen molar-refractivity contribution in [1.29, 1.82) is 0 Å². The Balaban J connectivity index is 1.52. The van der Waals surface area contributed by atoms with Crippen LogP contribution in [-0.2, 0) is 17.9 Å². The Morgan fingerprint density at radius 2 is 1.61 bits per heavy atom. The Morgan fingerprint density at radius 3 is 2.19 bits per heavy atom. The van der Waals surface area contributed by atoms with Crippen LogP contribution in [-0.4, -0.2) is 42.6 Å². The number of anilines is 1. The molecule has 1 amide bonds. The summed E-state index contributed by atoms with van der Waals surface area (Å²) >= 11 is 0. The first-order valence-corrected chi connectivity index (χ1v) is 9.32. The molecule has 0 aliphatic carbocycles. The highest BCUT2D eigenvalue weighted by atomic mass is 16.6. The van der Waals surface area contributed by atoms with E-state index in [4.69, 9.17) is 0 Å². The Labute approximate surface area is 175 Å². The van der Waals surface area contributed by atoms with E-state index in [2.05, 4.69) is 30.2 Å². The van der Waals surface area contributed by atoms with Gasteiger partial charge in [0.15, 0.2) is 5.52 Å². The molecule has 4 aromatic rings. The minimum absolute atomic E-state index is 0.0263. The summed E-state index contributed by atoms with van der Waals surface area (Å²) in [7, 11) is 0. The first-order chi connectivity index (χ1) is 15.1. The van der Waals surface area contributed by atoms with Gasteiger partial charge in [0.05, 0.1) is 28.5 Å². The fourth-order valence-corrected chi connectivity index (χ4v) is 3.10. The minimum Gasteiger partial charge on any atom is -0.323 e. The van der Waals surface area contributed by atoms with Crippen LogP contribution in [0.2, 0.25) is 0 Å². The Bertz CT molecular complexity index is 1160. The molecule has 0 aliphatic rings. The van der Waals surface area contributed by atoms with Gasteiger partial charge in [0.1, 0.15) is 0 Å². The fraction of sp³-hybridized carbons (Fsp3) is 0.150. The van der Waals surface area contributed by atoms with Crippen LogP contribution >= 0.6 is 0 Å². The molecule has 0 radical (unpaired) electrons. The molecule has 11 heteroatoms. The topological polar surface area (TPSA) is 140 Å². The van der Waals surface area contributed by atoms with Crippen molar-refractivity contribution < 1.29 is 14.3 Å². The van der Waals surface area contributed by atoms with Gasteiger partial charge < -0.3 is 5.32 Å². The van der Waals surface area contributed by atoms with Gasteiger partial charge in [-0.05, 0) is 40.6 Å². The van der Waals surface area contributed by atoms with Crippen molar-refractivity contribution in [3.63, 3.8) is 0 Å². The molecule has 0 bridgehead atoms. The number of fused-ring (bicyclic) bond motifs is 1. The summed E-state index contributed by atoms with van der Waals surface area (Å²) in [4.78, 5) is 33.9. The Hall–Kier alpha value is -4.25. The third-order valence-corrected chi connectivity index (χ3v) is 4.46. The molecule has 3 heterocycles. The SMILES string of the molecule is O=C(CN(Cc1ccccn1)Cc1ccccn1)Nc1ccc([N+](=O)[O-])c2nonc12. The molecule has 0 saturated carbocycles. The number of hydrogen-bond donors (Lipinski definition) is 1. The lowest BCUT2D eigenvalue weighted by Crippen LogP contribution is -2.33. The van der Waals surface area contributed by atoms with E-state index >= 15 is 0 Å². The van der Waals surface area contributed by atoms with Crippen molar-refractivity contribution in [2.24, 2.45) is 0 Å². The highest BCUT2D eigenvalue weighted by molar-refractivity contribution is 6.02. The number of nitro benzene ring substituents is 1. The van der Waals surface area contributed by atoms with Crippen molar-refractivity contribution >= 4 is 28.3 Å². The summed E-state index contributed by atoms with van der Waals surface area (Å²) in [6.07, 6.45) is 3.39. The molecule has 3 aromatic heterocycles. The van der Waals surface area contributed by atoms with Crippen molar-refractivity contribution in [2.45, 2.75) is 13.1 Å². The second-order valence-electron chi connectivity index (χ2n) is 6.69. The molecule has 31 heavy (non-hydrogen) atoms. The quantitative estimate of drug-likeness (QED) is 0.337. The molecule has 0 spiro atoms. The van der Waals surface area contributed by atoms with Gasteiger partial charge in [-0.3, -0.25) is 29.8 Å². The molecule has 0 unspecified atom stereocenters. The smallest absolute Gasteiger partial charge is 0.300 e. The second kappa shape index (κ2) is 9.05. The third-order valence-electron chi connectivity index (χ3n) is 4.46. The zero-order valence-electron chi connectivity index (χ0n) is 16.2. The van der Waals surface area contributed by atoms with E-state index in [0.29, 0.717) is 13.1 Å². The van der Waals surface area contributed by atoms with Crippen LogP contribution in [0.4, 0.5) is 11.4 Å². The minimum atomic E-state index is -0.584. The van der Waals surface area contributed by atoms with Gasteiger partial charge in [0, 0.05) is 31.5 Å². The van der Waals surface area contributed by atoms with Crippen LogP contribution in [0, 0.1) is 10.1 Å². The predicted octanol–water partition coefficient (Wildman–Crippen LogP) is 2.56. The highest BCUT2D eigenvalue weighted by Gasteiger charge is 2.21. The lowest BCUT2D eigenvalue weighted by Gasteiger charge is -2.21. The number of pyridine rings is 2. The number of carbonyl (C=O) groups is 1. The maximum Gasteiger partial charge on any atom is 0.300 e. The van der Waals surface area contributed by atoms with Gasteiger partial charge in [-0.15, -0.1) is 0 Å². The first kappa shape index (κ1) is 20.0. The zero-order chi connectivity index (χ0) is 21.6. The fourth-order valence-electron chi connectivity index (χ4n) is 3.10. The molecular weight excluding hydrogens is 402 g/mol. The molecule has 0 fully saturated rings. The molecular formula is C20H17N7O4. The van der Waals surface area contributed by atoms with E-state index in [1.165, 1.54) is 12.1 Å². The van der Waals surface area contributed by atoms with Gasteiger partial charge in [0.25, 0.3) is 0 Å². The highest BCUT2D eigenvalue weighted by Crippen LogP contribution is 2.28. The second-order valence-corrected chi connectivity index (χ2v) is 6.69. The van der Waals surface area contributed by atoms with Crippen molar-refractivity contribution in [3.8, 4) is 0 Å². The van der Waals surface area contributed by atoms with E-state index in [9.17, 15) is 14.9 Å². The Kier molecular flexibility index (Phi) is 5.85. The van der Waals surface area contributed by atoms with Crippen molar-refractivity contribution in [1.82, 2.24) is 25.2 Å².